The molecule has 0 N–H and O–H groups in total. The SMILES string of the molecule is COc1ccc(OC)c(N(CC(=O)N(C)C)S(C)(=O)=O)c1. The molecule has 1 aromatic carbocycles. The number of carbonyl (C=O) groups excluding carboxylic acids is 1. The van der Waals surface area contributed by atoms with Crippen LogP contribution >= 0.6 is 0 Å². The van der Waals surface area contributed by atoms with Crippen LogP contribution in [0.2, 0.25) is 0 Å². The van der Waals surface area contributed by atoms with Gasteiger partial charge < -0.3 is 14.4 Å². The number of benzene rings is 1. The molecule has 1 rings (SSSR count). The molecule has 0 spiro atoms. The van der Waals surface area contributed by atoms with E-state index in [-0.39, 0.29) is 18.1 Å². The number of sulfonamides is 1. The summed E-state index contributed by atoms with van der Waals surface area (Å²) in [6.07, 6.45) is 1.04. The first-order chi connectivity index (χ1) is 9.70. The third-order valence-corrected chi connectivity index (χ3v) is 3.96. The van der Waals surface area contributed by atoms with E-state index in [2.05, 4.69) is 0 Å². The molecule has 1 amide bonds. The van der Waals surface area contributed by atoms with Gasteiger partial charge in [0.25, 0.3) is 0 Å². The van der Waals surface area contributed by atoms with Gasteiger partial charge in [0.15, 0.2) is 0 Å². The van der Waals surface area contributed by atoms with Crippen LogP contribution in [0.4, 0.5) is 5.69 Å². The minimum atomic E-state index is -3.65. The molecule has 0 saturated carbocycles. The number of hydrogen-bond donors (Lipinski definition) is 0. The Balaban J connectivity index is 3.35. The van der Waals surface area contributed by atoms with Crippen molar-refractivity contribution in [2.45, 2.75) is 0 Å². The number of rotatable bonds is 6. The maximum Gasteiger partial charge on any atom is 0.242 e. The molecule has 0 unspecified atom stereocenters. The lowest BCUT2D eigenvalue weighted by molar-refractivity contribution is -0.127. The van der Waals surface area contributed by atoms with Crippen LogP contribution in [0.25, 0.3) is 0 Å². The van der Waals surface area contributed by atoms with Gasteiger partial charge in [-0.1, -0.05) is 0 Å². The van der Waals surface area contributed by atoms with E-state index in [1.165, 1.54) is 25.2 Å². The Morgan fingerprint density at radius 3 is 2.24 bits per heavy atom. The van der Waals surface area contributed by atoms with Crippen molar-refractivity contribution in [1.82, 2.24) is 4.90 Å². The summed E-state index contributed by atoms with van der Waals surface area (Å²) in [5.41, 5.74) is 0.259. The Bertz CT molecular complexity index is 613. The molecule has 0 bridgehead atoms. The topological polar surface area (TPSA) is 76.2 Å². The molecule has 8 heteroatoms. The first kappa shape index (κ1) is 17.1. The predicted molar refractivity (Wildman–Crippen MR) is 80.4 cm³/mol. The first-order valence-corrected chi connectivity index (χ1v) is 7.95. The van der Waals surface area contributed by atoms with Gasteiger partial charge in [0.1, 0.15) is 18.0 Å². The average molecular weight is 316 g/mol. The van der Waals surface area contributed by atoms with Gasteiger partial charge in [0, 0.05) is 20.2 Å². The second-order valence-electron chi connectivity index (χ2n) is 4.60. The summed E-state index contributed by atoms with van der Waals surface area (Å²) in [6, 6.07) is 4.76. The Morgan fingerprint density at radius 2 is 1.81 bits per heavy atom. The fraction of sp³-hybridized carbons (Fsp3) is 0.462. The van der Waals surface area contributed by atoms with Crippen molar-refractivity contribution in [2.24, 2.45) is 0 Å². The lowest BCUT2D eigenvalue weighted by Crippen LogP contribution is -2.40. The minimum Gasteiger partial charge on any atom is -0.497 e. The largest absolute Gasteiger partial charge is 0.497 e. The summed E-state index contributed by atoms with van der Waals surface area (Å²) < 4.78 is 35.3. The molecule has 0 aromatic heterocycles. The molecule has 0 fully saturated rings. The molecule has 1 aromatic rings. The smallest absolute Gasteiger partial charge is 0.242 e. The Kier molecular flexibility index (Phi) is 5.42. The van der Waals surface area contributed by atoms with Gasteiger partial charge in [-0.15, -0.1) is 0 Å². The summed E-state index contributed by atoms with van der Waals surface area (Å²) >= 11 is 0. The molecule has 0 aliphatic heterocycles. The van der Waals surface area contributed by atoms with Crippen molar-refractivity contribution >= 4 is 21.6 Å². The number of nitrogens with zero attached hydrogens (tertiary/aromatic N) is 2. The van der Waals surface area contributed by atoms with Crippen molar-refractivity contribution < 1.29 is 22.7 Å². The molecule has 21 heavy (non-hydrogen) atoms. The highest BCUT2D eigenvalue weighted by atomic mass is 32.2. The zero-order chi connectivity index (χ0) is 16.2. The van der Waals surface area contributed by atoms with Crippen LogP contribution < -0.4 is 13.8 Å². The van der Waals surface area contributed by atoms with E-state index >= 15 is 0 Å². The Morgan fingerprint density at radius 1 is 1.19 bits per heavy atom. The molecule has 0 atom stereocenters. The lowest BCUT2D eigenvalue weighted by atomic mass is 10.2. The summed E-state index contributed by atoms with van der Waals surface area (Å²) in [4.78, 5) is 13.2. The van der Waals surface area contributed by atoms with Gasteiger partial charge in [-0.25, -0.2) is 8.42 Å². The van der Waals surface area contributed by atoms with E-state index in [1.807, 2.05) is 0 Å². The quantitative estimate of drug-likeness (QED) is 0.766. The molecule has 118 valence electrons. The zero-order valence-electron chi connectivity index (χ0n) is 12.8. The van der Waals surface area contributed by atoms with Gasteiger partial charge in [-0.05, 0) is 12.1 Å². The van der Waals surface area contributed by atoms with Crippen molar-refractivity contribution in [3.63, 3.8) is 0 Å². The maximum atomic E-state index is 12.0. The van der Waals surface area contributed by atoms with E-state index in [9.17, 15) is 13.2 Å². The van der Waals surface area contributed by atoms with Crippen LogP contribution in [0.15, 0.2) is 18.2 Å². The number of methoxy groups -OCH3 is 2. The third kappa shape index (κ3) is 4.25. The standard InChI is InChI=1S/C13H20N2O5S/c1-14(2)13(16)9-15(21(5,17)18)11-8-10(19-3)6-7-12(11)20-4/h6-8H,9H2,1-5H3. The number of carbonyl (C=O) groups is 1. The number of amides is 1. The fourth-order valence-corrected chi connectivity index (χ4v) is 2.48. The maximum absolute atomic E-state index is 12.0. The molecule has 0 heterocycles. The summed E-state index contributed by atoms with van der Waals surface area (Å²) in [7, 11) is 2.37. The molecular weight excluding hydrogens is 296 g/mol. The fourth-order valence-electron chi connectivity index (χ4n) is 1.64. The molecule has 7 nitrogen and oxygen atoms in total. The summed E-state index contributed by atoms with van der Waals surface area (Å²) in [5.74, 6) is 0.467. The van der Waals surface area contributed by atoms with E-state index < -0.39 is 10.0 Å². The minimum absolute atomic E-state index is 0.259. The van der Waals surface area contributed by atoms with Gasteiger partial charge in [0.05, 0.1) is 26.2 Å². The van der Waals surface area contributed by atoms with Crippen LogP contribution in [0, 0.1) is 0 Å². The first-order valence-electron chi connectivity index (χ1n) is 6.10. The van der Waals surface area contributed by atoms with E-state index in [0.29, 0.717) is 11.5 Å². The highest BCUT2D eigenvalue weighted by Crippen LogP contribution is 2.33. The number of ether oxygens (including phenoxy) is 2. The zero-order valence-corrected chi connectivity index (χ0v) is 13.6. The van der Waals surface area contributed by atoms with Gasteiger partial charge in [0.2, 0.25) is 15.9 Å². The summed E-state index contributed by atoms with van der Waals surface area (Å²) in [6.45, 7) is -0.310. The van der Waals surface area contributed by atoms with Crippen molar-refractivity contribution in [2.75, 3.05) is 45.4 Å². The molecule has 0 radical (unpaired) electrons. The highest BCUT2D eigenvalue weighted by Gasteiger charge is 2.25. The van der Waals surface area contributed by atoms with Crippen molar-refractivity contribution in [3.8, 4) is 11.5 Å². The van der Waals surface area contributed by atoms with Gasteiger partial charge in [-0.3, -0.25) is 9.10 Å². The van der Waals surface area contributed by atoms with Crippen LogP contribution in [-0.4, -0.2) is 60.3 Å². The van der Waals surface area contributed by atoms with E-state index in [1.54, 1.807) is 26.2 Å². The van der Waals surface area contributed by atoms with E-state index in [4.69, 9.17) is 9.47 Å². The normalized spacial score (nSPS) is 10.9. The van der Waals surface area contributed by atoms with Crippen LogP contribution in [-0.2, 0) is 14.8 Å². The monoisotopic (exact) mass is 316 g/mol. The van der Waals surface area contributed by atoms with Gasteiger partial charge in [-0.2, -0.15) is 0 Å². The number of anilines is 1. The molecule has 0 aliphatic rings. The van der Waals surface area contributed by atoms with Crippen molar-refractivity contribution in [1.29, 1.82) is 0 Å². The molecular formula is C13H20N2O5S. The number of likely N-dealkylation sites (N-methyl/N-ethyl adjacent to an activating group) is 1. The Hall–Kier alpha value is -1.96. The van der Waals surface area contributed by atoms with Gasteiger partial charge >= 0.3 is 0 Å². The second kappa shape index (κ2) is 6.66. The Labute approximate surface area is 125 Å². The van der Waals surface area contributed by atoms with Crippen LogP contribution in [0.1, 0.15) is 0 Å². The number of hydrogen-bond acceptors (Lipinski definition) is 5. The van der Waals surface area contributed by atoms with Crippen LogP contribution in [0.3, 0.4) is 0 Å². The van der Waals surface area contributed by atoms with E-state index in [0.717, 1.165) is 10.6 Å². The predicted octanol–water partition coefficient (Wildman–Crippen LogP) is 0.558. The van der Waals surface area contributed by atoms with Crippen LogP contribution in [0.5, 0.6) is 11.5 Å². The second-order valence-corrected chi connectivity index (χ2v) is 6.50. The third-order valence-electron chi connectivity index (χ3n) is 2.83. The highest BCUT2D eigenvalue weighted by molar-refractivity contribution is 7.92. The lowest BCUT2D eigenvalue weighted by Gasteiger charge is -2.25. The summed E-state index contributed by atoms with van der Waals surface area (Å²) in [5, 5.41) is 0. The molecule has 0 saturated heterocycles. The average Bonchev–Trinajstić information content (AvgIpc) is 2.42. The molecule has 0 aliphatic carbocycles. The van der Waals surface area contributed by atoms with Crippen molar-refractivity contribution in [3.05, 3.63) is 18.2 Å².